The number of amides is 1. The van der Waals surface area contributed by atoms with Crippen molar-refractivity contribution in [1.82, 2.24) is 4.90 Å². The zero-order valence-corrected chi connectivity index (χ0v) is 13.9. The second kappa shape index (κ2) is 5.30. The Balaban J connectivity index is 1.48. The van der Waals surface area contributed by atoms with Crippen LogP contribution in [0.1, 0.15) is 44.9 Å². The van der Waals surface area contributed by atoms with Crippen LogP contribution in [0.5, 0.6) is 0 Å². The van der Waals surface area contributed by atoms with Crippen LogP contribution in [-0.2, 0) is 4.79 Å². The summed E-state index contributed by atoms with van der Waals surface area (Å²) >= 11 is 3.61. The number of hydrogen-bond donors (Lipinski definition) is 0. The maximum Gasteiger partial charge on any atom is 0.226 e. The zero-order valence-electron chi connectivity index (χ0n) is 12.3. The van der Waals surface area contributed by atoms with Gasteiger partial charge in [0.2, 0.25) is 5.91 Å². The first-order valence-corrected chi connectivity index (χ1v) is 9.71. The fourth-order valence-corrected chi connectivity index (χ4v) is 6.46. The van der Waals surface area contributed by atoms with Crippen LogP contribution in [0.15, 0.2) is 0 Å². The monoisotopic (exact) mass is 339 g/mol. The second-order valence-electron chi connectivity index (χ2n) is 7.90. The molecule has 5 aliphatic rings. The van der Waals surface area contributed by atoms with Gasteiger partial charge in [0.05, 0.1) is 0 Å². The molecular formula is C17H26BrNO. The Labute approximate surface area is 130 Å². The molecule has 0 aromatic carbocycles. The zero-order chi connectivity index (χ0) is 13.7. The third-order valence-electron chi connectivity index (χ3n) is 6.56. The average molecular weight is 340 g/mol. The molecule has 0 N–H and O–H groups in total. The Morgan fingerprint density at radius 1 is 1.05 bits per heavy atom. The Kier molecular flexibility index (Phi) is 3.60. The second-order valence-corrected chi connectivity index (χ2v) is 8.55. The molecule has 1 unspecified atom stereocenters. The van der Waals surface area contributed by atoms with Crippen LogP contribution in [0, 0.1) is 35.5 Å². The van der Waals surface area contributed by atoms with Gasteiger partial charge < -0.3 is 4.90 Å². The summed E-state index contributed by atoms with van der Waals surface area (Å²) in [7, 11) is 0. The Bertz CT molecular complexity index is 368. The molecule has 3 heteroatoms. The van der Waals surface area contributed by atoms with Gasteiger partial charge in [-0.15, -0.1) is 0 Å². The highest BCUT2D eigenvalue weighted by Crippen LogP contribution is 2.56. The maximum absolute atomic E-state index is 13.1. The van der Waals surface area contributed by atoms with E-state index in [-0.39, 0.29) is 0 Å². The smallest absolute Gasteiger partial charge is 0.226 e. The molecule has 0 aromatic rings. The molecule has 5 fully saturated rings. The Morgan fingerprint density at radius 3 is 2.30 bits per heavy atom. The number of nitrogens with zero attached hydrogens (tertiary/aromatic N) is 1. The van der Waals surface area contributed by atoms with E-state index < -0.39 is 0 Å². The number of likely N-dealkylation sites (tertiary alicyclic amines) is 1. The number of carbonyl (C=O) groups excluding carboxylic acids is 1. The molecule has 4 bridgehead atoms. The minimum absolute atomic E-state index is 0.400. The number of halogens is 1. The number of hydrogen-bond acceptors (Lipinski definition) is 1. The fourth-order valence-electron chi connectivity index (χ4n) is 5.93. The lowest BCUT2D eigenvalue weighted by Crippen LogP contribution is -2.53. The van der Waals surface area contributed by atoms with Gasteiger partial charge in [-0.25, -0.2) is 0 Å². The first kappa shape index (κ1) is 13.6. The molecule has 2 nitrogen and oxygen atoms in total. The maximum atomic E-state index is 13.1. The predicted molar refractivity (Wildman–Crippen MR) is 83.6 cm³/mol. The molecule has 0 radical (unpaired) electrons. The summed E-state index contributed by atoms with van der Waals surface area (Å²) < 4.78 is 0. The standard InChI is InChI=1S/C17H26BrNO/c18-9-11-2-1-3-19(10-11)17(20)16-14-5-12-4-13(7-14)8-15(16)6-12/h11-16H,1-10H2. The van der Waals surface area contributed by atoms with Gasteiger partial charge in [-0.3, -0.25) is 4.79 Å². The highest BCUT2D eigenvalue weighted by molar-refractivity contribution is 9.09. The highest BCUT2D eigenvalue weighted by Gasteiger charge is 2.51. The van der Waals surface area contributed by atoms with Crippen LogP contribution in [0.2, 0.25) is 0 Å². The molecule has 0 aromatic heterocycles. The molecule has 20 heavy (non-hydrogen) atoms. The minimum atomic E-state index is 0.400. The van der Waals surface area contributed by atoms with Crippen molar-refractivity contribution in [1.29, 1.82) is 0 Å². The van der Waals surface area contributed by atoms with E-state index in [1.165, 1.54) is 44.9 Å². The summed E-state index contributed by atoms with van der Waals surface area (Å²) in [6.45, 7) is 2.03. The molecule has 0 spiro atoms. The molecule has 5 rings (SSSR count). The lowest BCUT2D eigenvalue weighted by atomic mass is 9.51. The third kappa shape index (κ3) is 2.24. The van der Waals surface area contributed by atoms with Crippen LogP contribution >= 0.6 is 15.9 Å². The van der Waals surface area contributed by atoms with E-state index in [0.29, 0.717) is 17.7 Å². The highest BCUT2D eigenvalue weighted by atomic mass is 79.9. The van der Waals surface area contributed by atoms with Gasteiger partial charge in [0.15, 0.2) is 0 Å². The van der Waals surface area contributed by atoms with Gasteiger partial charge >= 0.3 is 0 Å². The summed E-state index contributed by atoms with van der Waals surface area (Å²) in [4.78, 5) is 15.3. The minimum Gasteiger partial charge on any atom is -0.342 e. The van der Waals surface area contributed by atoms with Gasteiger partial charge in [0.1, 0.15) is 0 Å². The molecule has 1 atom stereocenters. The summed E-state index contributed by atoms with van der Waals surface area (Å²) in [6, 6.07) is 0. The van der Waals surface area contributed by atoms with E-state index in [0.717, 1.165) is 42.1 Å². The predicted octanol–water partition coefficient (Wildman–Crippen LogP) is 3.69. The van der Waals surface area contributed by atoms with Gasteiger partial charge in [0.25, 0.3) is 0 Å². The van der Waals surface area contributed by atoms with Crippen molar-refractivity contribution in [2.75, 3.05) is 18.4 Å². The van der Waals surface area contributed by atoms with Crippen LogP contribution in [0.4, 0.5) is 0 Å². The van der Waals surface area contributed by atoms with Crippen molar-refractivity contribution < 1.29 is 4.79 Å². The quantitative estimate of drug-likeness (QED) is 0.702. The summed E-state index contributed by atoms with van der Waals surface area (Å²) in [6.07, 6.45) is 9.41. The van der Waals surface area contributed by atoms with Crippen molar-refractivity contribution in [2.24, 2.45) is 35.5 Å². The lowest BCUT2D eigenvalue weighted by Gasteiger charge is -2.54. The molecule has 1 amide bonds. The summed E-state index contributed by atoms with van der Waals surface area (Å²) in [5.74, 6) is 5.04. The van der Waals surface area contributed by atoms with Crippen molar-refractivity contribution in [3.63, 3.8) is 0 Å². The number of rotatable bonds is 2. The van der Waals surface area contributed by atoms with Crippen molar-refractivity contribution in [3.05, 3.63) is 0 Å². The van der Waals surface area contributed by atoms with E-state index in [9.17, 15) is 4.79 Å². The largest absolute Gasteiger partial charge is 0.342 e. The first-order valence-electron chi connectivity index (χ1n) is 8.59. The summed E-state index contributed by atoms with van der Waals surface area (Å²) in [5.41, 5.74) is 0. The molecule has 112 valence electrons. The van der Waals surface area contributed by atoms with Crippen molar-refractivity contribution >= 4 is 21.8 Å². The molecule has 4 saturated carbocycles. The van der Waals surface area contributed by atoms with Crippen LogP contribution in [0.3, 0.4) is 0 Å². The Hall–Kier alpha value is -0.0500. The first-order chi connectivity index (χ1) is 9.74. The summed E-state index contributed by atoms with van der Waals surface area (Å²) in [5, 5.41) is 1.05. The normalized spacial score (nSPS) is 46.8. The molecule has 1 heterocycles. The number of alkyl halides is 1. The third-order valence-corrected chi connectivity index (χ3v) is 7.48. The topological polar surface area (TPSA) is 20.3 Å². The molecule has 4 aliphatic carbocycles. The van der Waals surface area contributed by atoms with Gasteiger partial charge in [-0.2, -0.15) is 0 Å². The average Bonchev–Trinajstić information content (AvgIpc) is 2.46. The SMILES string of the molecule is O=C(C1C2CC3CC(C2)CC1C3)N1CCCC(CBr)C1. The molecule has 1 aliphatic heterocycles. The Morgan fingerprint density at radius 2 is 1.70 bits per heavy atom. The van der Waals surface area contributed by atoms with E-state index >= 15 is 0 Å². The van der Waals surface area contributed by atoms with Gasteiger partial charge in [0, 0.05) is 24.3 Å². The van der Waals surface area contributed by atoms with Crippen molar-refractivity contribution in [2.45, 2.75) is 44.9 Å². The van der Waals surface area contributed by atoms with Crippen LogP contribution in [0.25, 0.3) is 0 Å². The van der Waals surface area contributed by atoms with Crippen molar-refractivity contribution in [3.8, 4) is 0 Å². The van der Waals surface area contributed by atoms with Gasteiger partial charge in [-0.1, -0.05) is 15.9 Å². The molecular weight excluding hydrogens is 314 g/mol. The van der Waals surface area contributed by atoms with Crippen LogP contribution < -0.4 is 0 Å². The number of piperidine rings is 1. The van der Waals surface area contributed by atoms with Crippen LogP contribution in [-0.4, -0.2) is 29.2 Å². The molecule has 1 saturated heterocycles. The lowest BCUT2D eigenvalue weighted by molar-refractivity contribution is -0.150. The van der Waals surface area contributed by atoms with E-state index in [4.69, 9.17) is 0 Å². The fraction of sp³-hybridized carbons (Fsp3) is 0.941. The van der Waals surface area contributed by atoms with Gasteiger partial charge in [-0.05, 0) is 74.5 Å². The van der Waals surface area contributed by atoms with E-state index in [1.807, 2.05) is 0 Å². The number of carbonyl (C=O) groups is 1. The van der Waals surface area contributed by atoms with E-state index in [2.05, 4.69) is 20.8 Å². The van der Waals surface area contributed by atoms with E-state index in [1.54, 1.807) is 0 Å².